The molecule has 3 N–H and O–H groups in total. The van der Waals surface area contributed by atoms with E-state index in [9.17, 15) is 24.5 Å². The van der Waals surface area contributed by atoms with E-state index >= 15 is 0 Å². The summed E-state index contributed by atoms with van der Waals surface area (Å²) in [6.45, 7) is 3.21. The molecule has 0 aromatic heterocycles. The van der Waals surface area contributed by atoms with Crippen LogP contribution in [0.2, 0.25) is 5.02 Å². The number of carbonyl (C=O) groups is 3. The predicted molar refractivity (Wildman–Crippen MR) is 126 cm³/mol. The Hall–Kier alpha value is -4.24. The highest BCUT2D eigenvalue weighted by Crippen LogP contribution is 2.25. The van der Waals surface area contributed by atoms with E-state index in [1.807, 2.05) is 6.92 Å². The number of non-ortho nitro benzene ring substituents is 1. The molecule has 3 amide bonds. The van der Waals surface area contributed by atoms with Crippen molar-refractivity contribution in [3.63, 3.8) is 0 Å². The Bertz CT molecular complexity index is 1280. The number of hydrogen-bond acceptors (Lipinski definition) is 5. The number of rotatable bonds is 6. The number of anilines is 3. The molecule has 3 aromatic rings. The predicted octanol–water partition coefficient (Wildman–Crippen LogP) is 5.02. The van der Waals surface area contributed by atoms with Crippen LogP contribution in [0.25, 0.3) is 0 Å². The van der Waals surface area contributed by atoms with Crippen molar-refractivity contribution in [1.82, 2.24) is 0 Å². The third-order valence-electron chi connectivity index (χ3n) is 4.63. The number of carbonyl (C=O) groups excluding carboxylic acids is 3. The van der Waals surface area contributed by atoms with E-state index in [0.717, 1.165) is 11.6 Å². The molecule has 0 atom stereocenters. The van der Waals surface area contributed by atoms with E-state index in [2.05, 4.69) is 16.0 Å². The van der Waals surface area contributed by atoms with Crippen molar-refractivity contribution >= 4 is 52.1 Å². The fourth-order valence-electron chi connectivity index (χ4n) is 3.00. The van der Waals surface area contributed by atoms with Crippen molar-refractivity contribution in [3.8, 4) is 0 Å². The number of aryl methyl sites for hydroxylation is 1. The quantitative estimate of drug-likeness (QED) is 0.347. The Labute approximate surface area is 193 Å². The van der Waals surface area contributed by atoms with Gasteiger partial charge in [-0.25, -0.2) is 0 Å². The molecule has 0 heterocycles. The number of benzene rings is 3. The summed E-state index contributed by atoms with van der Waals surface area (Å²) in [6.07, 6.45) is 0. The number of nitrogens with zero attached hydrogens (tertiary/aromatic N) is 1. The molecule has 33 heavy (non-hydrogen) atoms. The number of nitro groups is 1. The van der Waals surface area contributed by atoms with E-state index in [0.29, 0.717) is 11.4 Å². The molecule has 0 unspecified atom stereocenters. The topological polar surface area (TPSA) is 130 Å². The van der Waals surface area contributed by atoms with Gasteiger partial charge in [-0.3, -0.25) is 24.5 Å². The Morgan fingerprint density at radius 2 is 1.55 bits per heavy atom. The van der Waals surface area contributed by atoms with Crippen LogP contribution in [-0.4, -0.2) is 22.6 Å². The van der Waals surface area contributed by atoms with Crippen LogP contribution in [0.1, 0.15) is 33.2 Å². The molecular weight excluding hydrogens is 448 g/mol. The first-order chi connectivity index (χ1) is 15.7. The fraction of sp³-hybridized carbons (Fsp3) is 0.0870. The van der Waals surface area contributed by atoms with Crippen LogP contribution in [0.3, 0.4) is 0 Å². The maximum Gasteiger partial charge on any atom is 0.270 e. The van der Waals surface area contributed by atoms with Crippen LogP contribution in [0, 0.1) is 17.0 Å². The first kappa shape index (κ1) is 23.4. The van der Waals surface area contributed by atoms with Crippen molar-refractivity contribution < 1.29 is 19.3 Å². The zero-order valence-electron chi connectivity index (χ0n) is 17.6. The van der Waals surface area contributed by atoms with Gasteiger partial charge in [0.05, 0.1) is 26.8 Å². The SMILES string of the molecule is CC(=O)Nc1cc(NC(=O)c2ccccc2NC(=O)c2ccc([N+](=O)[O-])cc2Cl)ccc1C. The minimum absolute atomic E-state index is 0.0240. The van der Waals surface area contributed by atoms with E-state index in [1.165, 1.54) is 25.1 Å². The second kappa shape index (κ2) is 9.92. The Kier molecular flexibility index (Phi) is 7.04. The zero-order valence-corrected chi connectivity index (χ0v) is 18.4. The number of nitro benzene ring substituents is 1. The second-order valence-electron chi connectivity index (χ2n) is 7.09. The lowest BCUT2D eigenvalue weighted by Crippen LogP contribution is -2.18. The third-order valence-corrected chi connectivity index (χ3v) is 4.95. The maximum atomic E-state index is 12.9. The summed E-state index contributed by atoms with van der Waals surface area (Å²) < 4.78 is 0. The van der Waals surface area contributed by atoms with Crippen molar-refractivity contribution in [3.05, 3.63) is 92.5 Å². The molecule has 10 heteroatoms. The summed E-state index contributed by atoms with van der Waals surface area (Å²) in [6, 6.07) is 14.9. The first-order valence-electron chi connectivity index (χ1n) is 9.69. The van der Waals surface area contributed by atoms with Gasteiger partial charge in [0.1, 0.15) is 0 Å². The highest BCUT2D eigenvalue weighted by Gasteiger charge is 2.18. The zero-order chi connectivity index (χ0) is 24.1. The lowest BCUT2D eigenvalue weighted by molar-refractivity contribution is -0.384. The molecule has 9 nitrogen and oxygen atoms in total. The lowest BCUT2D eigenvalue weighted by Gasteiger charge is -2.13. The van der Waals surface area contributed by atoms with Crippen LogP contribution < -0.4 is 16.0 Å². The smallest absolute Gasteiger partial charge is 0.270 e. The summed E-state index contributed by atoms with van der Waals surface area (Å²) in [5.41, 5.74) is 2.04. The van der Waals surface area contributed by atoms with E-state index in [4.69, 9.17) is 11.6 Å². The summed E-state index contributed by atoms with van der Waals surface area (Å²) in [4.78, 5) is 47.2. The standard InChI is InChI=1S/C23H19ClN4O5/c1-13-7-8-15(11-21(13)25-14(2)29)26-23(31)18-5-3-4-6-20(18)27-22(30)17-10-9-16(28(32)33)12-19(17)24/h3-12H,1-2H3,(H,25,29)(H,26,31)(H,27,30). The molecule has 3 rings (SSSR count). The fourth-order valence-corrected chi connectivity index (χ4v) is 3.26. The highest BCUT2D eigenvalue weighted by atomic mass is 35.5. The van der Waals surface area contributed by atoms with Crippen LogP contribution in [0.5, 0.6) is 0 Å². The summed E-state index contributed by atoms with van der Waals surface area (Å²) in [5, 5.41) is 18.8. The average molecular weight is 467 g/mol. The van der Waals surface area contributed by atoms with Gasteiger partial charge in [0, 0.05) is 30.4 Å². The normalized spacial score (nSPS) is 10.3. The van der Waals surface area contributed by atoms with Crippen LogP contribution >= 0.6 is 11.6 Å². The molecule has 0 radical (unpaired) electrons. The van der Waals surface area contributed by atoms with E-state index in [-0.39, 0.29) is 33.4 Å². The summed E-state index contributed by atoms with van der Waals surface area (Å²) >= 11 is 6.03. The van der Waals surface area contributed by atoms with Crippen LogP contribution in [0.4, 0.5) is 22.7 Å². The largest absolute Gasteiger partial charge is 0.326 e. The van der Waals surface area contributed by atoms with Crippen molar-refractivity contribution in [2.75, 3.05) is 16.0 Å². The highest BCUT2D eigenvalue weighted by molar-refractivity contribution is 6.34. The minimum atomic E-state index is -0.626. The molecule has 0 aliphatic rings. The number of amides is 3. The van der Waals surface area contributed by atoms with Gasteiger partial charge in [0.15, 0.2) is 0 Å². The van der Waals surface area contributed by atoms with Crippen molar-refractivity contribution in [2.45, 2.75) is 13.8 Å². The number of hydrogen-bond donors (Lipinski definition) is 3. The van der Waals surface area contributed by atoms with Gasteiger partial charge in [0.2, 0.25) is 5.91 Å². The Morgan fingerprint density at radius 3 is 2.21 bits per heavy atom. The third kappa shape index (κ3) is 5.72. The van der Waals surface area contributed by atoms with Gasteiger partial charge in [-0.15, -0.1) is 0 Å². The molecule has 0 fully saturated rings. The van der Waals surface area contributed by atoms with Crippen molar-refractivity contribution in [1.29, 1.82) is 0 Å². The lowest BCUT2D eigenvalue weighted by atomic mass is 10.1. The molecule has 0 bridgehead atoms. The number of nitrogens with one attached hydrogen (secondary N) is 3. The Morgan fingerprint density at radius 1 is 0.848 bits per heavy atom. The van der Waals surface area contributed by atoms with E-state index < -0.39 is 16.7 Å². The number of halogens is 1. The minimum Gasteiger partial charge on any atom is -0.326 e. The molecule has 168 valence electrons. The monoisotopic (exact) mass is 466 g/mol. The number of para-hydroxylation sites is 1. The van der Waals surface area contributed by atoms with Gasteiger partial charge < -0.3 is 16.0 Å². The molecule has 0 saturated heterocycles. The molecule has 3 aromatic carbocycles. The molecule has 0 saturated carbocycles. The average Bonchev–Trinajstić information content (AvgIpc) is 2.75. The first-order valence-corrected chi connectivity index (χ1v) is 10.1. The maximum absolute atomic E-state index is 12.9. The molecule has 0 aliphatic heterocycles. The molecule has 0 spiro atoms. The van der Waals surface area contributed by atoms with Gasteiger partial charge in [-0.05, 0) is 42.8 Å². The van der Waals surface area contributed by atoms with Gasteiger partial charge >= 0.3 is 0 Å². The van der Waals surface area contributed by atoms with E-state index in [1.54, 1.807) is 36.4 Å². The van der Waals surface area contributed by atoms with Crippen LogP contribution in [-0.2, 0) is 4.79 Å². The van der Waals surface area contributed by atoms with Crippen LogP contribution in [0.15, 0.2) is 60.7 Å². The second-order valence-corrected chi connectivity index (χ2v) is 7.49. The molecule has 0 aliphatic carbocycles. The molecular formula is C23H19ClN4O5. The van der Waals surface area contributed by atoms with Gasteiger partial charge in [-0.1, -0.05) is 29.8 Å². The Balaban J connectivity index is 1.82. The van der Waals surface area contributed by atoms with Crippen molar-refractivity contribution in [2.24, 2.45) is 0 Å². The van der Waals surface area contributed by atoms with Gasteiger partial charge in [-0.2, -0.15) is 0 Å². The summed E-state index contributed by atoms with van der Waals surface area (Å²) in [5.74, 6) is -1.35. The summed E-state index contributed by atoms with van der Waals surface area (Å²) in [7, 11) is 0. The van der Waals surface area contributed by atoms with Gasteiger partial charge in [0.25, 0.3) is 17.5 Å².